The smallest absolute Gasteiger partial charge is 0.145 e. The molecule has 21 aromatic carbocycles. The van der Waals surface area contributed by atoms with Crippen molar-refractivity contribution in [2.75, 3.05) is 0 Å². The zero-order valence-corrected chi connectivity index (χ0v) is 81.4. The van der Waals surface area contributed by atoms with Gasteiger partial charge in [0.15, 0.2) is 0 Å². The first-order valence-corrected chi connectivity index (χ1v) is 50.8. The maximum Gasteiger partial charge on any atom is 0.145 e. The van der Waals surface area contributed by atoms with Crippen molar-refractivity contribution in [1.82, 2.24) is 28.7 Å². The Morgan fingerprint density at radius 1 is 0.220 bits per heavy atom. The second kappa shape index (κ2) is 36.9. The lowest BCUT2D eigenvalue weighted by atomic mass is 9.95. The first-order chi connectivity index (χ1) is 74.3. The minimum Gasteiger partial charge on any atom is -0.456 e. The third-order valence-electron chi connectivity index (χ3n) is 29.7. The predicted octanol–water partition coefficient (Wildman–Crippen LogP) is 38.4. The average Bonchev–Trinajstić information content (AvgIpc) is 1.56. The van der Waals surface area contributed by atoms with Gasteiger partial charge in [-0.05, 0) is 262 Å². The molecule has 702 valence electrons. The summed E-state index contributed by atoms with van der Waals surface area (Å²) in [6.45, 7) is 4.37. The molecule has 0 aliphatic heterocycles. The summed E-state index contributed by atoms with van der Waals surface area (Å²) in [6, 6.07) is 179. The summed E-state index contributed by atoms with van der Waals surface area (Å²) in [5.74, 6) is 1.79. The zero-order chi connectivity index (χ0) is 99.2. The summed E-state index contributed by atoms with van der Waals surface area (Å²) < 4.78 is 25.4. The largest absolute Gasteiger partial charge is 0.456 e. The Balaban J connectivity index is 0.000000109. The fourth-order valence-electron chi connectivity index (χ4n) is 22.5. The van der Waals surface area contributed by atoms with Crippen LogP contribution in [-0.4, -0.2) is 28.7 Å². The molecule has 0 fully saturated rings. The van der Waals surface area contributed by atoms with Gasteiger partial charge in [0.05, 0.1) is 44.7 Å². The van der Waals surface area contributed by atoms with E-state index in [1.165, 1.54) is 81.7 Å². The van der Waals surface area contributed by atoms with Gasteiger partial charge in [-0.25, -0.2) is 9.97 Å². The van der Waals surface area contributed by atoms with Crippen molar-refractivity contribution in [3.8, 4) is 118 Å². The number of furan rings is 3. The molecule has 0 atom stereocenters. The predicted molar refractivity (Wildman–Crippen MR) is 627 cm³/mol. The first kappa shape index (κ1) is 87.6. The molecule has 30 rings (SSSR count). The van der Waals surface area contributed by atoms with E-state index in [9.17, 15) is 0 Å². The zero-order valence-electron chi connectivity index (χ0n) is 81.4. The minimum absolute atomic E-state index is 0.833. The van der Waals surface area contributed by atoms with E-state index in [0.29, 0.717) is 0 Å². The van der Waals surface area contributed by atoms with Gasteiger partial charge in [0.2, 0.25) is 0 Å². The van der Waals surface area contributed by atoms with Crippen molar-refractivity contribution in [2.45, 2.75) is 0 Å². The lowest BCUT2D eigenvalue weighted by Crippen LogP contribution is -2.00. The van der Waals surface area contributed by atoms with Gasteiger partial charge >= 0.3 is 0 Å². The Bertz CT molecular complexity index is 10400. The van der Waals surface area contributed by atoms with E-state index in [4.69, 9.17) is 23.2 Å². The molecule has 0 spiro atoms. The van der Waals surface area contributed by atoms with E-state index >= 15 is 0 Å². The molecule has 150 heavy (non-hydrogen) atoms. The SMILES string of the molecule is C=Cc1c(/C=C/c2ccc3oc4ccccc4c3c2)c2ccccc2n1-c1cc(-c2ccc(-c3ccccc3)cc2)cc(-c2ccc(-c3ccccc3)cc2)c1.c1ccc(-c2cc(-c3ccccn3)nc(-n3c4ccc(-c5ccc6oc7ccccc7c6c5)cc4c4c5ccccc5ccc43)c2)cc1.c1ccc(-c2cnc(-n3c4ccc(-c5ccc6oc7ccccc7c6c5)cc4c4c5ccccc5ccc43)c3ccccc23)cc1. The van der Waals surface area contributed by atoms with Crippen LogP contribution in [0.2, 0.25) is 0 Å². The molecule has 0 aliphatic carbocycles. The maximum atomic E-state index is 6.14. The molecular weight excluding hydrogens is 1830 g/mol. The summed E-state index contributed by atoms with van der Waals surface area (Å²) in [4.78, 5) is 15.2. The highest BCUT2D eigenvalue weighted by molar-refractivity contribution is 6.24. The van der Waals surface area contributed by atoms with Crippen LogP contribution in [0.25, 0.3) is 289 Å². The summed E-state index contributed by atoms with van der Waals surface area (Å²) in [5, 5.41) is 20.0. The lowest BCUT2D eigenvalue weighted by molar-refractivity contribution is 0.668. The third kappa shape index (κ3) is 15.5. The molecule has 0 radical (unpaired) electrons. The molecule has 0 amide bonds. The van der Waals surface area contributed by atoms with Gasteiger partial charge < -0.3 is 17.8 Å². The minimum atomic E-state index is 0.833. The first-order valence-electron chi connectivity index (χ1n) is 50.8. The number of fused-ring (bicyclic) bond motifs is 21. The number of rotatable bonds is 15. The molecule has 0 saturated heterocycles. The van der Waals surface area contributed by atoms with Crippen LogP contribution in [0.3, 0.4) is 0 Å². The Morgan fingerprint density at radius 2 is 0.600 bits per heavy atom. The number of hydrogen-bond donors (Lipinski definition) is 0. The normalized spacial score (nSPS) is 11.7. The molecular formula is C141H90N6O3. The third-order valence-corrected chi connectivity index (χ3v) is 29.7. The quantitative estimate of drug-likeness (QED) is 0.102. The Hall–Kier alpha value is -20.1. The van der Waals surface area contributed by atoms with Crippen LogP contribution in [0.5, 0.6) is 0 Å². The topological polar surface area (TPSA) is 92.9 Å². The van der Waals surface area contributed by atoms with Crippen LogP contribution >= 0.6 is 0 Å². The van der Waals surface area contributed by atoms with E-state index in [1.807, 2.05) is 79.1 Å². The van der Waals surface area contributed by atoms with Gasteiger partial charge in [0.25, 0.3) is 0 Å². The second-order valence-corrected chi connectivity index (χ2v) is 38.4. The van der Waals surface area contributed by atoms with Crippen LogP contribution in [-0.2, 0) is 0 Å². The lowest BCUT2D eigenvalue weighted by Gasteiger charge is -2.15. The van der Waals surface area contributed by atoms with Crippen molar-refractivity contribution in [2.24, 2.45) is 0 Å². The number of benzene rings is 21. The van der Waals surface area contributed by atoms with Gasteiger partial charge in [-0.15, -0.1) is 0 Å². The fourth-order valence-corrected chi connectivity index (χ4v) is 22.5. The van der Waals surface area contributed by atoms with E-state index in [1.54, 1.807) is 0 Å². The molecule has 9 aromatic heterocycles. The standard InChI is InChI=1S/C54H37NO.C44H27N3O.C43H26N2O/c1-2-51-48(31-21-37-22-32-54-50(33-37)49-18-10-12-20-53(49)56-54)47-17-9-11-19-52(47)55(51)46-35-44(42-27-23-40(24-28-42)38-13-5-3-6-14-38)34-45(36-46)43-29-25-41(26-30-43)39-15-7-4-8-16-39;1-2-10-28(11-3-1)32-26-38(37-15-8-9-23-45-37)46-43(27-32)47-39-20-18-30(25-36(39)44-33-13-5-4-12-29(33)17-21-40(44)47)31-19-22-42-35(24-31)34-14-6-7-16-41(34)48-42;1-2-10-27(11-3-1)37-26-44-43(34-16-7-6-14-32(34)37)45-38-21-19-29(25-36(38)42-31-13-5-4-12-28(31)18-22-39(42)45)30-20-23-41-35(24-30)33-15-8-9-17-40(33)46-41/h2-36H,1H2;1-27H;1-26H/b31-21+;;. The van der Waals surface area contributed by atoms with Crippen molar-refractivity contribution < 1.29 is 13.3 Å². The number of pyridine rings is 3. The second-order valence-electron chi connectivity index (χ2n) is 38.4. The highest BCUT2D eigenvalue weighted by atomic mass is 16.3. The summed E-state index contributed by atoms with van der Waals surface area (Å²) in [6.07, 6.45) is 10.3. The molecule has 9 nitrogen and oxygen atoms in total. The van der Waals surface area contributed by atoms with E-state index in [-0.39, 0.29) is 0 Å². The van der Waals surface area contributed by atoms with E-state index in [2.05, 4.69) is 480 Å². The molecule has 0 unspecified atom stereocenters. The fraction of sp³-hybridized carbons (Fsp3) is 0. The van der Waals surface area contributed by atoms with Gasteiger partial charge in [-0.2, -0.15) is 0 Å². The van der Waals surface area contributed by atoms with Crippen LogP contribution in [0.1, 0.15) is 16.8 Å². The van der Waals surface area contributed by atoms with E-state index in [0.717, 1.165) is 206 Å². The Morgan fingerprint density at radius 3 is 1.12 bits per heavy atom. The number of nitrogens with zero attached hydrogens (tertiary/aromatic N) is 6. The number of hydrogen-bond acceptors (Lipinski definition) is 6. The molecule has 0 N–H and O–H groups in total. The van der Waals surface area contributed by atoms with Crippen molar-refractivity contribution in [3.05, 3.63) is 539 Å². The van der Waals surface area contributed by atoms with Crippen LogP contribution in [0.15, 0.2) is 536 Å². The van der Waals surface area contributed by atoms with Crippen LogP contribution in [0.4, 0.5) is 0 Å². The van der Waals surface area contributed by atoms with Crippen molar-refractivity contribution >= 4 is 171 Å². The highest BCUT2D eigenvalue weighted by Gasteiger charge is 2.26. The summed E-state index contributed by atoms with van der Waals surface area (Å²) in [7, 11) is 0. The maximum absolute atomic E-state index is 6.14. The molecule has 0 aliphatic rings. The van der Waals surface area contributed by atoms with Crippen LogP contribution in [0, 0.1) is 0 Å². The Labute approximate surface area is 863 Å². The summed E-state index contributed by atoms with van der Waals surface area (Å²) >= 11 is 0. The number of para-hydroxylation sites is 4. The van der Waals surface area contributed by atoms with Gasteiger partial charge in [-0.3, -0.25) is 14.1 Å². The summed E-state index contributed by atoms with van der Waals surface area (Å²) in [5.41, 5.74) is 35.7. The van der Waals surface area contributed by atoms with Gasteiger partial charge in [0, 0.05) is 93.8 Å². The number of aromatic nitrogens is 6. The van der Waals surface area contributed by atoms with Crippen molar-refractivity contribution in [1.29, 1.82) is 0 Å². The molecule has 9 heteroatoms. The van der Waals surface area contributed by atoms with Crippen molar-refractivity contribution in [3.63, 3.8) is 0 Å². The molecule has 9 heterocycles. The van der Waals surface area contributed by atoms with Gasteiger partial charge in [-0.1, -0.05) is 383 Å². The monoisotopic (exact) mass is 1910 g/mol. The molecule has 30 aromatic rings. The highest BCUT2D eigenvalue weighted by Crippen LogP contribution is 2.48. The van der Waals surface area contributed by atoms with Crippen LogP contribution < -0.4 is 0 Å². The molecule has 0 saturated carbocycles. The molecule has 0 bridgehead atoms. The van der Waals surface area contributed by atoms with E-state index < -0.39 is 0 Å². The average molecular weight is 1920 g/mol. The van der Waals surface area contributed by atoms with Gasteiger partial charge in [0.1, 0.15) is 45.1 Å². The Kier molecular flexibility index (Phi) is 21.6.